The van der Waals surface area contributed by atoms with Gasteiger partial charge in [-0.3, -0.25) is 4.79 Å². The number of halogens is 3. The minimum atomic E-state index is -4.10. The van der Waals surface area contributed by atoms with Gasteiger partial charge in [0.05, 0.1) is 12.0 Å². The Morgan fingerprint density at radius 3 is 2.11 bits per heavy atom. The van der Waals surface area contributed by atoms with Crippen molar-refractivity contribution in [2.75, 3.05) is 39.8 Å². The highest BCUT2D eigenvalue weighted by atomic mass is 19.4. The Labute approximate surface area is 212 Å². The van der Waals surface area contributed by atoms with Crippen LogP contribution in [0.4, 0.5) is 13.2 Å². The molecule has 36 heavy (non-hydrogen) atoms. The van der Waals surface area contributed by atoms with E-state index < -0.39 is 11.6 Å². The van der Waals surface area contributed by atoms with Gasteiger partial charge in [0.25, 0.3) is 5.91 Å². The molecular formula is C29H37F3N2O2. The van der Waals surface area contributed by atoms with Gasteiger partial charge in [-0.15, -0.1) is 0 Å². The first-order chi connectivity index (χ1) is 17.2. The van der Waals surface area contributed by atoms with Crippen molar-refractivity contribution < 1.29 is 22.7 Å². The molecule has 0 aromatic heterocycles. The summed E-state index contributed by atoms with van der Waals surface area (Å²) in [6.45, 7) is 4.93. The molecule has 2 aliphatic rings. The number of nitrogens with zero attached hydrogens (tertiary/aromatic N) is 2. The van der Waals surface area contributed by atoms with Crippen LogP contribution in [-0.4, -0.2) is 61.7 Å². The summed E-state index contributed by atoms with van der Waals surface area (Å²) in [7, 11) is 1.82. The molecule has 2 fully saturated rings. The zero-order chi connectivity index (χ0) is 25.8. The van der Waals surface area contributed by atoms with Gasteiger partial charge < -0.3 is 14.5 Å². The summed E-state index contributed by atoms with van der Waals surface area (Å²) in [6, 6.07) is 15.6. The van der Waals surface area contributed by atoms with E-state index in [1.165, 1.54) is 0 Å². The Morgan fingerprint density at radius 1 is 1.03 bits per heavy atom. The zero-order valence-corrected chi connectivity index (χ0v) is 21.3. The Morgan fingerprint density at radius 2 is 1.61 bits per heavy atom. The van der Waals surface area contributed by atoms with Gasteiger partial charge in [-0.2, -0.15) is 13.2 Å². The van der Waals surface area contributed by atoms with E-state index in [2.05, 4.69) is 6.92 Å². The number of hydrogen-bond donors (Lipinski definition) is 0. The molecule has 2 aromatic carbocycles. The van der Waals surface area contributed by atoms with Crippen molar-refractivity contribution in [1.82, 2.24) is 9.80 Å². The quantitative estimate of drug-likeness (QED) is 0.384. The predicted octanol–water partition coefficient (Wildman–Crippen LogP) is 6.66. The van der Waals surface area contributed by atoms with Gasteiger partial charge in [0.15, 0.2) is 0 Å². The molecule has 0 N–H and O–H groups in total. The van der Waals surface area contributed by atoms with Gasteiger partial charge in [0.1, 0.15) is 5.75 Å². The van der Waals surface area contributed by atoms with Crippen LogP contribution in [0.15, 0.2) is 48.5 Å². The lowest BCUT2D eigenvalue weighted by Gasteiger charge is -2.47. The summed E-state index contributed by atoms with van der Waals surface area (Å²) < 4.78 is 46.4. The molecule has 1 saturated heterocycles. The number of carbonyl (C=O) groups excluding carboxylic acids is 1. The van der Waals surface area contributed by atoms with Crippen molar-refractivity contribution >= 4 is 5.91 Å². The summed E-state index contributed by atoms with van der Waals surface area (Å²) >= 11 is 0. The third kappa shape index (κ3) is 6.05. The maximum atomic E-state index is 13.5. The molecule has 1 aliphatic heterocycles. The van der Waals surface area contributed by atoms with Crippen molar-refractivity contribution in [1.29, 1.82) is 0 Å². The van der Waals surface area contributed by atoms with Crippen molar-refractivity contribution in [3.63, 3.8) is 0 Å². The molecule has 0 radical (unpaired) electrons. The molecule has 0 spiro atoms. The molecule has 7 heteroatoms. The maximum absolute atomic E-state index is 13.5. The normalized spacial score (nSPS) is 18.5. The summed E-state index contributed by atoms with van der Waals surface area (Å²) in [5.41, 5.74) is 1.29. The number of piperidine rings is 1. The maximum Gasteiger partial charge on any atom is 0.395 e. The number of hydrogen-bond acceptors (Lipinski definition) is 3. The van der Waals surface area contributed by atoms with Crippen LogP contribution in [0.25, 0.3) is 11.1 Å². The number of likely N-dealkylation sites (tertiary alicyclic amines) is 1. The number of ether oxygens (including phenoxy) is 1. The third-order valence-corrected chi connectivity index (χ3v) is 7.86. The number of amides is 1. The molecule has 1 heterocycles. The largest absolute Gasteiger partial charge is 0.493 e. The second-order valence-electron chi connectivity index (χ2n) is 10.5. The third-order valence-electron chi connectivity index (χ3n) is 7.86. The van der Waals surface area contributed by atoms with Crippen LogP contribution in [0.1, 0.15) is 55.8 Å². The molecule has 0 atom stereocenters. The fourth-order valence-electron chi connectivity index (χ4n) is 5.29. The average Bonchev–Trinajstić information content (AvgIpc) is 2.85. The summed E-state index contributed by atoms with van der Waals surface area (Å²) in [5, 5.41) is 0. The van der Waals surface area contributed by atoms with Gasteiger partial charge in [-0.1, -0.05) is 37.6 Å². The van der Waals surface area contributed by atoms with E-state index in [0.29, 0.717) is 37.6 Å². The van der Waals surface area contributed by atoms with Gasteiger partial charge >= 0.3 is 6.18 Å². The zero-order valence-electron chi connectivity index (χ0n) is 21.3. The highest BCUT2D eigenvalue weighted by Crippen LogP contribution is 2.53. The van der Waals surface area contributed by atoms with E-state index in [-0.39, 0.29) is 25.3 Å². The van der Waals surface area contributed by atoms with Gasteiger partial charge in [0, 0.05) is 25.7 Å². The van der Waals surface area contributed by atoms with Crippen LogP contribution in [0.3, 0.4) is 0 Å². The molecule has 1 saturated carbocycles. The van der Waals surface area contributed by atoms with Crippen LogP contribution in [-0.2, 0) is 0 Å². The highest BCUT2D eigenvalue weighted by molar-refractivity contribution is 5.94. The van der Waals surface area contributed by atoms with Crippen molar-refractivity contribution in [2.45, 2.75) is 51.6 Å². The number of rotatable bonds is 9. The van der Waals surface area contributed by atoms with E-state index >= 15 is 0 Å². The Balaban J connectivity index is 1.23. The topological polar surface area (TPSA) is 32.8 Å². The molecule has 2 aromatic rings. The van der Waals surface area contributed by atoms with Crippen molar-refractivity contribution in [3.05, 3.63) is 54.1 Å². The SMILES string of the molecule is CCCN(C)C(=O)c1ccc(-c2ccc(OCC3CCN(CC4(C(F)(F)F)CCC4)CC3)cc2)cc1. The smallest absolute Gasteiger partial charge is 0.395 e. The van der Waals surface area contributed by atoms with E-state index in [0.717, 1.165) is 42.7 Å². The minimum absolute atomic E-state index is 0.0286. The van der Waals surface area contributed by atoms with Crippen LogP contribution in [0.5, 0.6) is 5.75 Å². The standard InChI is InChI=1S/C29H37F3N2O2/c1-3-17-33(2)27(35)25-7-5-23(6-8-25)24-9-11-26(12-10-24)36-20-22-13-18-34(19-14-22)21-28(15-4-16-28)29(30,31)32/h5-12,22H,3-4,13-21H2,1-2H3. The van der Waals surface area contributed by atoms with Crippen LogP contribution in [0.2, 0.25) is 0 Å². The average molecular weight is 503 g/mol. The predicted molar refractivity (Wildman–Crippen MR) is 136 cm³/mol. The molecule has 0 unspecified atom stereocenters. The minimum Gasteiger partial charge on any atom is -0.493 e. The van der Waals surface area contributed by atoms with E-state index in [1.54, 1.807) is 4.90 Å². The van der Waals surface area contributed by atoms with Crippen LogP contribution >= 0.6 is 0 Å². The van der Waals surface area contributed by atoms with Crippen molar-refractivity contribution in [3.8, 4) is 16.9 Å². The Hall–Kier alpha value is -2.54. The van der Waals surface area contributed by atoms with Gasteiger partial charge in [-0.25, -0.2) is 0 Å². The monoisotopic (exact) mass is 502 g/mol. The fraction of sp³-hybridized carbons (Fsp3) is 0.552. The molecule has 0 bridgehead atoms. The summed E-state index contributed by atoms with van der Waals surface area (Å²) in [6.07, 6.45) is -0.208. The molecule has 1 aliphatic carbocycles. The fourth-order valence-corrected chi connectivity index (χ4v) is 5.29. The van der Waals surface area contributed by atoms with Crippen LogP contribution < -0.4 is 4.74 Å². The summed E-state index contributed by atoms with van der Waals surface area (Å²) in [5.74, 6) is 1.18. The lowest BCUT2D eigenvalue weighted by Crippen LogP contribution is -2.53. The number of benzene rings is 2. The second kappa shape index (κ2) is 11.2. The van der Waals surface area contributed by atoms with E-state index in [4.69, 9.17) is 4.74 Å². The lowest BCUT2D eigenvalue weighted by molar-refractivity contribution is -0.256. The van der Waals surface area contributed by atoms with Gasteiger partial charge in [-0.05, 0) is 86.5 Å². The van der Waals surface area contributed by atoms with E-state index in [9.17, 15) is 18.0 Å². The van der Waals surface area contributed by atoms with Crippen molar-refractivity contribution in [2.24, 2.45) is 11.3 Å². The summed E-state index contributed by atoms with van der Waals surface area (Å²) in [4.78, 5) is 16.2. The highest BCUT2D eigenvalue weighted by Gasteiger charge is 2.58. The lowest BCUT2D eigenvalue weighted by atomic mass is 9.67. The molecular weight excluding hydrogens is 465 g/mol. The first-order valence-electron chi connectivity index (χ1n) is 13.1. The van der Waals surface area contributed by atoms with Gasteiger partial charge in [0.2, 0.25) is 0 Å². The Bertz CT molecular complexity index is 993. The molecule has 4 rings (SSSR count). The first kappa shape index (κ1) is 26.5. The van der Waals surface area contributed by atoms with Crippen LogP contribution in [0, 0.1) is 11.3 Å². The Kier molecular flexibility index (Phi) is 8.28. The molecule has 196 valence electrons. The molecule has 4 nitrogen and oxygen atoms in total. The first-order valence-corrected chi connectivity index (χ1v) is 13.1. The number of carbonyl (C=O) groups is 1. The molecule has 1 amide bonds. The second-order valence-corrected chi connectivity index (χ2v) is 10.5. The number of alkyl halides is 3. The van der Waals surface area contributed by atoms with E-state index in [1.807, 2.05) is 60.5 Å².